The van der Waals surface area contributed by atoms with Crippen LogP contribution in [0.2, 0.25) is 0 Å². The molecule has 2 aromatic rings. The van der Waals surface area contributed by atoms with Crippen LogP contribution < -0.4 is 15.0 Å². The number of aryl methyl sites for hydroxylation is 1. The maximum absolute atomic E-state index is 5.83. The Kier molecular flexibility index (Phi) is 10.3. The van der Waals surface area contributed by atoms with E-state index in [4.69, 9.17) is 9.47 Å². The molecule has 1 aliphatic heterocycles. The Morgan fingerprint density at radius 1 is 1.32 bits per heavy atom. The smallest absolute Gasteiger partial charge is 0.193 e. The zero-order valence-corrected chi connectivity index (χ0v) is 21.2. The fraction of sp³-hybridized carbons (Fsp3) is 0.478. The molecule has 0 saturated carbocycles. The van der Waals surface area contributed by atoms with E-state index < -0.39 is 0 Å². The molecule has 1 aromatic heterocycles. The molecule has 7 nitrogen and oxygen atoms in total. The minimum Gasteiger partial charge on any atom is -0.492 e. The molecule has 1 aromatic carbocycles. The van der Waals surface area contributed by atoms with Gasteiger partial charge in [0.05, 0.1) is 19.3 Å². The van der Waals surface area contributed by atoms with Gasteiger partial charge in [-0.3, -0.25) is 4.99 Å². The molecule has 0 spiro atoms. The van der Waals surface area contributed by atoms with Crippen molar-refractivity contribution in [3.8, 4) is 5.75 Å². The van der Waals surface area contributed by atoms with E-state index in [1.807, 2.05) is 31.4 Å². The van der Waals surface area contributed by atoms with Gasteiger partial charge in [0.1, 0.15) is 18.2 Å². The van der Waals surface area contributed by atoms with E-state index in [1.54, 1.807) is 7.05 Å². The van der Waals surface area contributed by atoms with Gasteiger partial charge in [0.2, 0.25) is 0 Å². The van der Waals surface area contributed by atoms with Crippen LogP contribution in [0.25, 0.3) is 0 Å². The van der Waals surface area contributed by atoms with Crippen molar-refractivity contribution in [1.82, 2.24) is 15.2 Å². The van der Waals surface area contributed by atoms with Crippen LogP contribution in [-0.2, 0) is 11.3 Å². The maximum atomic E-state index is 5.83. The van der Waals surface area contributed by atoms with E-state index >= 15 is 0 Å². The average Bonchev–Trinajstić information content (AvgIpc) is 2.76. The van der Waals surface area contributed by atoms with Crippen LogP contribution in [0.1, 0.15) is 18.1 Å². The molecule has 1 N–H and O–H groups in total. The predicted octanol–water partition coefficient (Wildman–Crippen LogP) is 3.32. The van der Waals surface area contributed by atoms with Crippen LogP contribution in [0.3, 0.4) is 0 Å². The van der Waals surface area contributed by atoms with E-state index in [1.165, 1.54) is 11.1 Å². The molecule has 1 aliphatic rings. The fourth-order valence-corrected chi connectivity index (χ4v) is 3.38. The molecular weight excluding hydrogens is 505 g/mol. The molecular formula is C23H34IN5O2. The lowest BCUT2D eigenvalue weighted by Crippen LogP contribution is -2.42. The number of nitrogens with zero attached hydrogens (tertiary/aromatic N) is 4. The number of guanidine groups is 1. The summed E-state index contributed by atoms with van der Waals surface area (Å²) in [6.45, 7) is 8.67. The number of morpholine rings is 1. The van der Waals surface area contributed by atoms with Crippen molar-refractivity contribution < 1.29 is 9.47 Å². The average molecular weight is 539 g/mol. The van der Waals surface area contributed by atoms with Crippen LogP contribution in [-0.4, -0.2) is 68.9 Å². The van der Waals surface area contributed by atoms with Gasteiger partial charge in [-0.1, -0.05) is 17.7 Å². The second-order valence-corrected chi connectivity index (χ2v) is 7.63. The summed E-state index contributed by atoms with van der Waals surface area (Å²) in [4.78, 5) is 13.3. The van der Waals surface area contributed by atoms with E-state index in [-0.39, 0.29) is 30.1 Å². The quantitative estimate of drug-likeness (QED) is 0.331. The van der Waals surface area contributed by atoms with E-state index in [9.17, 15) is 0 Å². The number of nitrogens with one attached hydrogen (secondary N) is 1. The van der Waals surface area contributed by atoms with Gasteiger partial charge in [-0.05, 0) is 43.7 Å². The summed E-state index contributed by atoms with van der Waals surface area (Å²) in [5.41, 5.74) is 2.40. The summed E-state index contributed by atoms with van der Waals surface area (Å²) in [6.07, 6.45) is 2.10. The highest BCUT2D eigenvalue weighted by Crippen LogP contribution is 2.16. The maximum Gasteiger partial charge on any atom is 0.193 e. The van der Waals surface area contributed by atoms with Crippen molar-refractivity contribution in [3.05, 3.63) is 53.7 Å². The third-order valence-electron chi connectivity index (χ3n) is 5.12. The highest BCUT2D eigenvalue weighted by atomic mass is 127. The van der Waals surface area contributed by atoms with Crippen LogP contribution in [0.5, 0.6) is 5.75 Å². The normalized spacial score (nSPS) is 16.5. The Balaban J connectivity index is 0.00000341. The predicted molar refractivity (Wildman–Crippen MR) is 137 cm³/mol. The molecule has 2 heterocycles. The molecule has 8 heteroatoms. The van der Waals surface area contributed by atoms with Crippen molar-refractivity contribution in [2.45, 2.75) is 26.5 Å². The summed E-state index contributed by atoms with van der Waals surface area (Å²) in [7, 11) is 3.81. The number of benzene rings is 1. The summed E-state index contributed by atoms with van der Waals surface area (Å²) in [5.74, 6) is 2.72. The monoisotopic (exact) mass is 539 g/mol. The number of likely N-dealkylation sites (N-methyl/N-ethyl adjacent to an activating group) is 1. The van der Waals surface area contributed by atoms with Crippen molar-refractivity contribution in [2.75, 3.05) is 51.8 Å². The summed E-state index contributed by atoms with van der Waals surface area (Å²) in [5, 5.41) is 3.43. The van der Waals surface area contributed by atoms with Gasteiger partial charge in [-0.15, -0.1) is 24.0 Å². The zero-order chi connectivity index (χ0) is 21.3. The number of aliphatic imine (C=N–C) groups is 1. The van der Waals surface area contributed by atoms with Crippen molar-refractivity contribution in [1.29, 1.82) is 0 Å². The van der Waals surface area contributed by atoms with Gasteiger partial charge in [-0.2, -0.15) is 0 Å². The number of hydrogen-bond acceptors (Lipinski definition) is 5. The van der Waals surface area contributed by atoms with E-state index in [0.717, 1.165) is 43.8 Å². The number of ether oxygens (including phenoxy) is 2. The second-order valence-electron chi connectivity index (χ2n) is 7.63. The number of anilines is 1. The van der Waals surface area contributed by atoms with Gasteiger partial charge < -0.3 is 24.6 Å². The lowest BCUT2D eigenvalue weighted by Gasteiger charge is -2.32. The molecule has 1 atom stereocenters. The van der Waals surface area contributed by atoms with Gasteiger partial charge in [0.15, 0.2) is 5.96 Å². The van der Waals surface area contributed by atoms with E-state index in [0.29, 0.717) is 13.2 Å². The first-order chi connectivity index (χ1) is 14.5. The number of hydrogen-bond donors (Lipinski definition) is 1. The summed E-state index contributed by atoms with van der Waals surface area (Å²) < 4.78 is 11.5. The van der Waals surface area contributed by atoms with Crippen LogP contribution in [0.4, 0.5) is 5.82 Å². The van der Waals surface area contributed by atoms with Crippen molar-refractivity contribution >= 4 is 35.8 Å². The minimum absolute atomic E-state index is 0. The Hall–Kier alpha value is -2.07. The molecule has 1 unspecified atom stereocenters. The SMILES string of the molecule is CN=C(NCc1ccnc(N2CCOC(C)C2)c1)N(C)CCOc1ccc(C)cc1.I. The Labute approximate surface area is 202 Å². The number of pyridine rings is 1. The van der Waals surface area contributed by atoms with Gasteiger partial charge in [-0.25, -0.2) is 4.98 Å². The number of halogens is 1. The molecule has 0 aliphatic carbocycles. The third-order valence-corrected chi connectivity index (χ3v) is 5.12. The Bertz CT molecular complexity index is 831. The zero-order valence-electron chi connectivity index (χ0n) is 18.9. The lowest BCUT2D eigenvalue weighted by atomic mass is 10.2. The first kappa shape index (κ1) is 25.2. The Morgan fingerprint density at radius 3 is 2.81 bits per heavy atom. The minimum atomic E-state index is 0. The fourth-order valence-electron chi connectivity index (χ4n) is 3.38. The number of aromatic nitrogens is 1. The standard InChI is InChI=1S/C23H33N5O2.HI/c1-18-5-7-21(8-6-18)30-13-11-27(4)23(24-3)26-16-20-9-10-25-22(15-20)28-12-14-29-19(2)17-28;/h5-10,15,19H,11-14,16-17H2,1-4H3,(H,24,26);1H. The van der Waals surface area contributed by atoms with Crippen molar-refractivity contribution in [3.63, 3.8) is 0 Å². The third kappa shape index (κ3) is 7.84. The van der Waals surface area contributed by atoms with Gasteiger partial charge in [0.25, 0.3) is 0 Å². The van der Waals surface area contributed by atoms with Crippen molar-refractivity contribution in [2.24, 2.45) is 4.99 Å². The van der Waals surface area contributed by atoms with Crippen LogP contribution >= 0.6 is 24.0 Å². The molecule has 0 radical (unpaired) electrons. The first-order valence-electron chi connectivity index (χ1n) is 10.5. The number of rotatable bonds is 7. The molecule has 1 fully saturated rings. The topological polar surface area (TPSA) is 62.2 Å². The highest BCUT2D eigenvalue weighted by molar-refractivity contribution is 14.0. The van der Waals surface area contributed by atoms with Gasteiger partial charge in [0, 0.05) is 39.9 Å². The largest absolute Gasteiger partial charge is 0.492 e. The summed E-state index contributed by atoms with van der Waals surface area (Å²) >= 11 is 0. The molecule has 31 heavy (non-hydrogen) atoms. The molecule has 3 rings (SSSR count). The molecule has 0 amide bonds. The molecule has 1 saturated heterocycles. The van der Waals surface area contributed by atoms with Crippen LogP contribution in [0.15, 0.2) is 47.6 Å². The van der Waals surface area contributed by atoms with E-state index in [2.05, 4.69) is 57.1 Å². The lowest BCUT2D eigenvalue weighted by molar-refractivity contribution is 0.0529. The second kappa shape index (κ2) is 12.7. The Morgan fingerprint density at radius 2 is 2.10 bits per heavy atom. The molecule has 170 valence electrons. The van der Waals surface area contributed by atoms with Gasteiger partial charge >= 0.3 is 0 Å². The highest BCUT2D eigenvalue weighted by Gasteiger charge is 2.18. The summed E-state index contributed by atoms with van der Waals surface area (Å²) in [6, 6.07) is 12.3. The van der Waals surface area contributed by atoms with Crippen LogP contribution in [0, 0.1) is 6.92 Å². The first-order valence-corrected chi connectivity index (χ1v) is 10.5. The molecule has 0 bridgehead atoms.